The molecule has 4 rings (SSSR count). The van der Waals surface area contributed by atoms with Gasteiger partial charge < -0.3 is 5.32 Å². The summed E-state index contributed by atoms with van der Waals surface area (Å²) in [5.41, 5.74) is 2.24. The first-order valence-electron chi connectivity index (χ1n) is 9.81. The van der Waals surface area contributed by atoms with E-state index in [0.29, 0.717) is 26.8 Å². The number of amides is 1. The second-order valence-corrected chi connectivity index (χ2v) is 8.68. The molecule has 1 amide bonds. The molecule has 0 saturated heterocycles. The van der Waals surface area contributed by atoms with Crippen molar-refractivity contribution in [2.75, 3.05) is 11.1 Å². The zero-order valence-corrected chi connectivity index (χ0v) is 19.3. The van der Waals surface area contributed by atoms with Gasteiger partial charge in [0.15, 0.2) is 11.0 Å². The molecule has 0 fully saturated rings. The molecule has 2 aromatic heterocycles. The van der Waals surface area contributed by atoms with Crippen LogP contribution in [0.5, 0.6) is 0 Å². The predicted molar refractivity (Wildman–Crippen MR) is 130 cm³/mol. The Kier molecular flexibility index (Phi) is 6.79. The predicted octanol–water partition coefficient (Wildman–Crippen LogP) is 5.38. The van der Waals surface area contributed by atoms with Crippen molar-refractivity contribution in [1.29, 1.82) is 0 Å². The van der Waals surface area contributed by atoms with Gasteiger partial charge in [-0.3, -0.25) is 14.2 Å². The largest absolute Gasteiger partial charge is 0.309 e. The second kappa shape index (κ2) is 9.73. The zero-order valence-electron chi connectivity index (χ0n) is 17.0. The van der Waals surface area contributed by atoms with Crippen LogP contribution in [0.25, 0.3) is 16.6 Å². The van der Waals surface area contributed by atoms with Crippen molar-refractivity contribution in [3.63, 3.8) is 0 Å². The first kappa shape index (κ1) is 22.3. The van der Waals surface area contributed by atoms with Crippen LogP contribution < -0.4 is 10.9 Å². The number of carbonyl (C=O) groups excluding carboxylic acids is 1. The quantitative estimate of drug-likeness (QED) is 0.293. The number of benzene rings is 2. The van der Waals surface area contributed by atoms with Gasteiger partial charge in [0.1, 0.15) is 0 Å². The Morgan fingerprint density at radius 3 is 2.59 bits per heavy atom. The van der Waals surface area contributed by atoms with Crippen molar-refractivity contribution in [2.45, 2.75) is 18.5 Å². The molecular weight excluding hydrogens is 467 g/mol. The smallest absolute Gasteiger partial charge is 0.266 e. The maximum Gasteiger partial charge on any atom is 0.266 e. The van der Waals surface area contributed by atoms with E-state index in [9.17, 15) is 9.59 Å². The van der Waals surface area contributed by atoms with Crippen molar-refractivity contribution >= 4 is 57.6 Å². The first-order valence-corrected chi connectivity index (χ1v) is 11.5. The van der Waals surface area contributed by atoms with Crippen molar-refractivity contribution in [1.82, 2.24) is 14.5 Å². The SMILES string of the molecule is CCc1ccc(-n2c(SCC(=O)Nc3ncc(Cl)cc3Cl)nc3ccccc3c2=O)cc1. The van der Waals surface area contributed by atoms with Gasteiger partial charge in [0, 0.05) is 6.20 Å². The fourth-order valence-corrected chi connectivity index (χ4v) is 4.36. The second-order valence-electron chi connectivity index (χ2n) is 6.89. The van der Waals surface area contributed by atoms with E-state index in [1.54, 1.807) is 18.2 Å². The third-order valence-corrected chi connectivity index (χ3v) is 6.18. The number of para-hydroxylation sites is 1. The van der Waals surface area contributed by atoms with E-state index >= 15 is 0 Å². The molecule has 0 aliphatic rings. The summed E-state index contributed by atoms with van der Waals surface area (Å²) in [6, 6.07) is 16.4. The fraction of sp³-hybridized carbons (Fsp3) is 0.130. The summed E-state index contributed by atoms with van der Waals surface area (Å²) >= 11 is 13.1. The lowest BCUT2D eigenvalue weighted by molar-refractivity contribution is -0.113. The highest BCUT2D eigenvalue weighted by atomic mass is 35.5. The lowest BCUT2D eigenvalue weighted by Crippen LogP contribution is -2.23. The molecule has 32 heavy (non-hydrogen) atoms. The number of anilines is 1. The van der Waals surface area contributed by atoms with E-state index in [1.807, 2.05) is 30.3 Å². The third kappa shape index (κ3) is 4.80. The number of pyridine rings is 1. The summed E-state index contributed by atoms with van der Waals surface area (Å²) in [6.45, 7) is 2.07. The van der Waals surface area contributed by atoms with Crippen molar-refractivity contribution < 1.29 is 4.79 Å². The molecule has 0 aliphatic heterocycles. The van der Waals surface area contributed by atoms with Crippen LogP contribution in [0.1, 0.15) is 12.5 Å². The van der Waals surface area contributed by atoms with E-state index in [-0.39, 0.29) is 28.1 Å². The van der Waals surface area contributed by atoms with Crippen molar-refractivity contribution in [2.24, 2.45) is 0 Å². The molecule has 0 atom stereocenters. The number of halogens is 2. The van der Waals surface area contributed by atoms with Gasteiger partial charge in [-0.05, 0) is 42.3 Å². The third-order valence-electron chi connectivity index (χ3n) is 4.75. The van der Waals surface area contributed by atoms with Gasteiger partial charge in [-0.2, -0.15) is 0 Å². The Bertz CT molecular complexity index is 1360. The normalized spacial score (nSPS) is 11.0. The number of thioether (sulfide) groups is 1. The van der Waals surface area contributed by atoms with Crippen molar-refractivity contribution in [3.8, 4) is 5.69 Å². The van der Waals surface area contributed by atoms with Crippen LogP contribution in [0.4, 0.5) is 5.82 Å². The van der Waals surface area contributed by atoms with Gasteiger partial charge in [-0.25, -0.2) is 9.97 Å². The molecular formula is C23H18Cl2N4O2S. The zero-order chi connectivity index (χ0) is 22.7. The van der Waals surface area contributed by atoms with Crippen LogP contribution in [0.3, 0.4) is 0 Å². The number of rotatable bonds is 6. The number of hydrogen-bond donors (Lipinski definition) is 1. The minimum atomic E-state index is -0.331. The average Bonchev–Trinajstić information content (AvgIpc) is 2.80. The maximum atomic E-state index is 13.3. The van der Waals surface area contributed by atoms with Gasteiger partial charge in [0.25, 0.3) is 5.56 Å². The Hall–Kier alpha value is -2.87. The maximum absolute atomic E-state index is 13.3. The van der Waals surface area contributed by atoms with Crippen LogP contribution in [0.15, 0.2) is 70.7 Å². The molecule has 6 nitrogen and oxygen atoms in total. The van der Waals surface area contributed by atoms with E-state index in [4.69, 9.17) is 23.2 Å². The number of aromatic nitrogens is 3. The highest BCUT2D eigenvalue weighted by Crippen LogP contribution is 2.24. The summed E-state index contributed by atoms with van der Waals surface area (Å²) in [7, 11) is 0. The van der Waals surface area contributed by atoms with Gasteiger partial charge in [0.2, 0.25) is 5.91 Å². The Labute approximate surface area is 198 Å². The molecule has 162 valence electrons. The average molecular weight is 485 g/mol. The summed E-state index contributed by atoms with van der Waals surface area (Å²) in [6.07, 6.45) is 2.30. The summed E-state index contributed by atoms with van der Waals surface area (Å²) < 4.78 is 1.53. The minimum Gasteiger partial charge on any atom is -0.309 e. The molecule has 1 N–H and O–H groups in total. The van der Waals surface area contributed by atoms with Gasteiger partial charge >= 0.3 is 0 Å². The van der Waals surface area contributed by atoms with Gasteiger partial charge in [-0.15, -0.1) is 0 Å². The number of nitrogens with one attached hydrogen (secondary N) is 1. The van der Waals surface area contributed by atoms with E-state index < -0.39 is 0 Å². The molecule has 0 spiro atoms. The minimum absolute atomic E-state index is 0.0124. The van der Waals surface area contributed by atoms with E-state index in [2.05, 4.69) is 22.2 Å². The molecule has 2 heterocycles. The van der Waals surface area contributed by atoms with Crippen LogP contribution in [0, 0.1) is 0 Å². The standard InChI is InChI=1S/C23H18Cl2N4O2S/c1-2-14-7-9-16(10-8-14)29-22(31)17-5-3-4-6-19(17)27-23(29)32-13-20(30)28-21-18(25)11-15(24)12-26-21/h3-12H,2,13H2,1H3,(H,26,28,30). The highest BCUT2D eigenvalue weighted by molar-refractivity contribution is 7.99. The molecule has 0 bridgehead atoms. The lowest BCUT2D eigenvalue weighted by atomic mass is 10.1. The Balaban J connectivity index is 1.66. The molecule has 4 aromatic rings. The fourth-order valence-electron chi connectivity index (χ4n) is 3.12. The van der Waals surface area contributed by atoms with Gasteiger partial charge in [-0.1, -0.05) is 66.2 Å². The molecule has 2 aromatic carbocycles. The van der Waals surface area contributed by atoms with Gasteiger partial charge in [0.05, 0.1) is 32.4 Å². The monoisotopic (exact) mass is 484 g/mol. The summed E-state index contributed by atoms with van der Waals surface area (Å²) in [4.78, 5) is 34.5. The summed E-state index contributed by atoms with van der Waals surface area (Å²) in [5.74, 6) is -0.0963. The van der Waals surface area contributed by atoms with E-state index in [1.165, 1.54) is 16.8 Å². The molecule has 0 saturated carbocycles. The topological polar surface area (TPSA) is 76.9 Å². The Morgan fingerprint density at radius 1 is 1.12 bits per heavy atom. The lowest BCUT2D eigenvalue weighted by Gasteiger charge is -2.14. The summed E-state index contributed by atoms with van der Waals surface area (Å²) in [5, 5.41) is 4.21. The highest BCUT2D eigenvalue weighted by Gasteiger charge is 2.16. The molecule has 9 heteroatoms. The van der Waals surface area contributed by atoms with Crippen LogP contribution in [-0.2, 0) is 11.2 Å². The number of aryl methyl sites for hydroxylation is 1. The van der Waals surface area contributed by atoms with Crippen LogP contribution in [0.2, 0.25) is 10.0 Å². The van der Waals surface area contributed by atoms with E-state index in [0.717, 1.165) is 23.7 Å². The van der Waals surface area contributed by atoms with Crippen LogP contribution in [-0.4, -0.2) is 26.2 Å². The van der Waals surface area contributed by atoms with Crippen LogP contribution >= 0.6 is 35.0 Å². The molecule has 0 unspecified atom stereocenters. The first-order chi connectivity index (χ1) is 15.5. The Morgan fingerprint density at radius 2 is 1.88 bits per heavy atom. The molecule has 0 aliphatic carbocycles. The number of nitrogens with zero attached hydrogens (tertiary/aromatic N) is 3. The number of carbonyl (C=O) groups is 1. The number of fused-ring (bicyclic) bond motifs is 1. The molecule has 0 radical (unpaired) electrons. The van der Waals surface area contributed by atoms with Crippen molar-refractivity contribution in [3.05, 3.63) is 86.8 Å². The number of hydrogen-bond acceptors (Lipinski definition) is 5.